The van der Waals surface area contributed by atoms with Crippen LogP contribution in [0.25, 0.3) is 0 Å². The Morgan fingerprint density at radius 1 is 1.18 bits per heavy atom. The molecule has 2 N–H and O–H groups in total. The monoisotopic (exact) mass is 236 g/mol. The van der Waals surface area contributed by atoms with Crippen molar-refractivity contribution in [1.82, 2.24) is 0 Å². The average molecular weight is 236 g/mol. The summed E-state index contributed by atoms with van der Waals surface area (Å²) in [4.78, 5) is 11.5. The van der Waals surface area contributed by atoms with Crippen LogP contribution in [0.15, 0.2) is 24.3 Å². The Kier molecular flexibility index (Phi) is 3.74. The number of rotatable bonds is 4. The van der Waals surface area contributed by atoms with Crippen molar-refractivity contribution >= 4 is 5.78 Å². The van der Waals surface area contributed by atoms with Gasteiger partial charge in [0.2, 0.25) is 0 Å². The number of Topliss-reactive ketones (excluding diaryl/α,β-unsaturated/α-hetero) is 1. The molecule has 3 nitrogen and oxygen atoms in total. The van der Waals surface area contributed by atoms with E-state index in [0.717, 1.165) is 5.56 Å². The summed E-state index contributed by atoms with van der Waals surface area (Å²) >= 11 is 0. The number of hydrogen-bond donors (Lipinski definition) is 2. The van der Waals surface area contributed by atoms with Crippen molar-refractivity contribution in [3.05, 3.63) is 35.4 Å². The lowest BCUT2D eigenvalue weighted by Crippen LogP contribution is -2.49. The topological polar surface area (TPSA) is 57.5 Å². The van der Waals surface area contributed by atoms with Gasteiger partial charge in [-0.05, 0) is 33.3 Å². The molecule has 0 saturated heterocycles. The molecule has 94 valence electrons. The second-order valence-electron chi connectivity index (χ2n) is 5.22. The molecule has 0 radical (unpaired) electrons. The van der Waals surface area contributed by atoms with Crippen molar-refractivity contribution in [2.24, 2.45) is 0 Å². The number of carbonyl (C=O) groups is 1. The molecule has 0 aliphatic rings. The predicted octanol–water partition coefficient (Wildman–Crippen LogP) is 1.95. The summed E-state index contributed by atoms with van der Waals surface area (Å²) in [6.45, 7) is 6.19. The quantitative estimate of drug-likeness (QED) is 0.786. The van der Waals surface area contributed by atoms with Crippen LogP contribution in [-0.4, -0.2) is 27.2 Å². The Morgan fingerprint density at radius 2 is 1.71 bits per heavy atom. The van der Waals surface area contributed by atoms with E-state index in [0.29, 0.717) is 5.56 Å². The standard InChI is InChI=1S/C14H20O3/c1-10(15)12-8-6-5-7-11(12)9-14(4,17)13(2,3)16/h5-8,16-17H,9H2,1-4H3. The van der Waals surface area contributed by atoms with Gasteiger partial charge < -0.3 is 10.2 Å². The number of hydrogen-bond acceptors (Lipinski definition) is 3. The van der Waals surface area contributed by atoms with E-state index >= 15 is 0 Å². The van der Waals surface area contributed by atoms with Crippen LogP contribution in [0.4, 0.5) is 0 Å². The van der Waals surface area contributed by atoms with Crippen LogP contribution in [0, 0.1) is 0 Å². The molecular weight excluding hydrogens is 216 g/mol. The number of carbonyl (C=O) groups excluding carboxylic acids is 1. The van der Waals surface area contributed by atoms with E-state index in [2.05, 4.69) is 0 Å². The fraction of sp³-hybridized carbons (Fsp3) is 0.500. The molecule has 17 heavy (non-hydrogen) atoms. The first-order valence-corrected chi connectivity index (χ1v) is 5.69. The van der Waals surface area contributed by atoms with Gasteiger partial charge in [-0.25, -0.2) is 0 Å². The summed E-state index contributed by atoms with van der Waals surface area (Å²) in [6.07, 6.45) is 0.242. The van der Waals surface area contributed by atoms with E-state index in [1.54, 1.807) is 39.0 Å². The first kappa shape index (κ1) is 13.9. The van der Waals surface area contributed by atoms with Gasteiger partial charge in [-0.3, -0.25) is 4.79 Å². The minimum Gasteiger partial charge on any atom is -0.387 e. The lowest BCUT2D eigenvalue weighted by Gasteiger charge is -2.36. The maximum absolute atomic E-state index is 11.5. The van der Waals surface area contributed by atoms with Crippen LogP contribution in [0.3, 0.4) is 0 Å². The Bertz CT molecular complexity index is 414. The fourth-order valence-electron chi connectivity index (χ4n) is 1.61. The van der Waals surface area contributed by atoms with E-state index in [1.165, 1.54) is 6.92 Å². The van der Waals surface area contributed by atoms with Crippen molar-refractivity contribution in [2.45, 2.75) is 45.3 Å². The van der Waals surface area contributed by atoms with E-state index < -0.39 is 11.2 Å². The van der Waals surface area contributed by atoms with Gasteiger partial charge in [0.1, 0.15) is 0 Å². The van der Waals surface area contributed by atoms with Crippen LogP contribution < -0.4 is 0 Å². The molecule has 0 heterocycles. The Morgan fingerprint density at radius 3 is 2.18 bits per heavy atom. The summed E-state index contributed by atoms with van der Waals surface area (Å²) in [7, 11) is 0. The van der Waals surface area contributed by atoms with Crippen molar-refractivity contribution in [1.29, 1.82) is 0 Å². The largest absolute Gasteiger partial charge is 0.387 e. The number of aliphatic hydroxyl groups is 2. The van der Waals surface area contributed by atoms with Crippen LogP contribution in [0.5, 0.6) is 0 Å². The molecule has 0 aliphatic carbocycles. The zero-order chi connectivity index (χ0) is 13.3. The van der Waals surface area contributed by atoms with Gasteiger partial charge in [0.25, 0.3) is 0 Å². The molecule has 1 aromatic rings. The van der Waals surface area contributed by atoms with Gasteiger partial charge in [0.15, 0.2) is 5.78 Å². The van der Waals surface area contributed by atoms with Gasteiger partial charge >= 0.3 is 0 Å². The number of benzene rings is 1. The van der Waals surface area contributed by atoms with Gasteiger partial charge in [-0.15, -0.1) is 0 Å². The molecule has 0 spiro atoms. The molecule has 0 aliphatic heterocycles. The zero-order valence-corrected chi connectivity index (χ0v) is 10.8. The summed E-state index contributed by atoms with van der Waals surface area (Å²) < 4.78 is 0. The van der Waals surface area contributed by atoms with Gasteiger partial charge in [0.05, 0.1) is 11.2 Å². The number of ketones is 1. The van der Waals surface area contributed by atoms with Gasteiger partial charge in [-0.1, -0.05) is 24.3 Å². The smallest absolute Gasteiger partial charge is 0.160 e. The average Bonchev–Trinajstić information content (AvgIpc) is 2.15. The summed E-state index contributed by atoms with van der Waals surface area (Å²) in [5.74, 6) is -0.0351. The van der Waals surface area contributed by atoms with Crippen molar-refractivity contribution in [3.63, 3.8) is 0 Å². The molecule has 0 bridgehead atoms. The summed E-state index contributed by atoms with van der Waals surface area (Å²) in [5, 5.41) is 20.2. The third-order valence-corrected chi connectivity index (χ3v) is 3.25. The third kappa shape index (κ3) is 3.14. The van der Waals surface area contributed by atoms with Crippen LogP contribution in [0.1, 0.15) is 43.6 Å². The highest BCUT2D eigenvalue weighted by Gasteiger charge is 2.38. The lowest BCUT2D eigenvalue weighted by atomic mass is 9.81. The minimum atomic E-state index is -1.28. The molecule has 0 fully saturated rings. The highest BCUT2D eigenvalue weighted by atomic mass is 16.3. The van der Waals surface area contributed by atoms with E-state index in [1.807, 2.05) is 6.07 Å². The SMILES string of the molecule is CC(=O)c1ccccc1CC(C)(O)C(C)(C)O. The first-order valence-electron chi connectivity index (χ1n) is 5.69. The molecule has 1 rings (SSSR count). The Labute approximate surface area is 102 Å². The second kappa shape index (κ2) is 4.59. The lowest BCUT2D eigenvalue weighted by molar-refractivity contribution is -0.118. The molecular formula is C14H20O3. The maximum Gasteiger partial charge on any atom is 0.160 e. The van der Waals surface area contributed by atoms with Gasteiger partial charge in [-0.2, -0.15) is 0 Å². The molecule has 0 amide bonds. The molecule has 0 aromatic heterocycles. The Hall–Kier alpha value is -1.19. The zero-order valence-electron chi connectivity index (χ0n) is 10.8. The van der Waals surface area contributed by atoms with Crippen molar-refractivity contribution in [3.8, 4) is 0 Å². The summed E-state index contributed by atoms with van der Waals surface area (Å²) in [6, 6.07) is 7.15. The third-order valence-electron chi connectivity index (χ3n) is 3.25. The van der Waals surface area contributed by atoms with Crippen LogP contribution in [-0.2, 0) is 6.42 Å². The molecule has 1 aromatic carbocycles. The van der Waals surface area contributed by atoms with E-state index in [4.69, 9.17) is 0 Å². The van der Waals surface area contributed by atoms with Crippen molar-refractivity contribution < 1.29 is 15.0 Å². The van der Waals surface area contributed by atoms with Crippen LogP contribution >= 0.6 is 0 Å². The van der Waals surface area contributed by atoms with Crippen molar-refractivity contribution in [2.75, 3.05) is 0 Å². The normalized spacial score (nSPS) is 15.4. The fourth-order valence-corrected chi connectivity index (χ4v) is 1.61. The Balaban J connectivity index is 3.08. The predicted molar refractivity (Wildman–Crippen MR) is 67.1 cm³/mol. The molecule has 3 heteroatoms. The maximum atomic E-state index is 11.5. The molecule has 1 atom stereocenters. The van der Waals surface area contributed by atoms with Gasteiger partial charge in [0, 0.05) is 12.0 Å². The second-order valence-corrected chi connectivity index (χ2v) is 5.22. The molecule has 0 saturated carbocycles. The van der Waals surface area contributed by atoms with E-state index in [-0.39, 0.29) is 12.2 Å². The van der Waals surface area contributed by atoms with Crippen LogP contribution in [0.2, 0.25) is 0 Å². The highest BCUT2D eigenvalue weighted by molar-refractivity contribution is 5.95. The summed E-state index contributed by atoms with van der Waals surface area (Å²) in [5.41, 5.74) is -1.15. The minimum absolute atomic E-state index is 0.0351. The highest BCUT2D eigenvalue weighted by Crippen LogP contribution is 2.27. The molecule has 1 unspecified atom stereocenters. The first-order chi connectivity index (χ1) is 7.65. The van der Waals surface area contributed by atoms with E-state index in [9.17, 15) is 15.0 Å².